The van der Waals surface area contributed by atoms with Crippen LogP contribution < -0.4 is 9.47 Å². The van der Waals surface area contributed by atoms with Crippen LogP contribution in [0, 0.1) is 0 Å². The molecule has 0 radical (unpaired) electrons. The molecule has 94 valence electrons. The fraction of sp³-hybridized carbons (Fsp3) is 0.143. The molecule has 0 bridgehead atoms. The highest BCUT2D eigenvalue weighted by Gasteiger charge is 2.04. The summed E-state index contributed by atoms with van der Waals surface area (Å²) in [5.74, 6) is 2.73. The summed E-state index contributed by atoms with van der Waals surface area (Å²) < 4.78 is 11.8. The molecule has 2 rings (SSSR count). The molecule has 2 nitrogen and oxygen atoms in total. The van der Waals surface area contributed by atoms with E-state index in [9.17, 15) is 0 Å². The molecule has 18 heavy (non-hydrogen) atoms. The summed E-state index contributed by atoms with van der Waals surface area (Å²) in [5, 5.41) is 0. The molecule has 4 heteroatoms. The highest BCUT2D eigenvalue weighted by Crippen LogP contribution is 2.32. The first kappa shape index (κ1) is 13.2. The molecule has 0 aliphatic heterocycles. The van der Waals surface area contributed by atoms with Crippen molar-refractivity contribution in [2.24, 2.45) is 0 Å². The Morgan fingerprint density at radius 2 is 1.89 bits per heavy atom. The van der Waals surface area contributed by atoms with Crippen molar-refractivity contribution in [3.8, 4) is 17.2 Å². The van der Waals surface area contributed by atoms with Gasteiger partial charge in [0.05, 0.1) is 11.6 Å². The molecule has 2 aromatic carbocycles. The smallest absolute Gasteiger partial charge is 0.141 e. The van der Waals surface area contributed by atoms with Crippen molar-refractivity contribution < 1.29 is 9.47 Å². The van der Waals surface area contributed by atoms with Gasteiger partial charge in [-0.3, -0.25) is 0 Å². The van der Waals surface area contributed by atoms with E-state index in [1.807, 2.05) is 42.5 Å². The Morgan fingerprint density at radius 1 is 1.11 bits per heavy atom. The van der Waals surface area contributed by atoms with Gasteiger partial charge in [-0.25, -0.2) is 0 Å². The van der Waals surface area contributed by atoms with E-state index in [0.717, 1.165) is 27.3 Å². The largest absolute Gasteiger partial charge is 0.497 e. The number of halogens is 2. The number of hydrogen-bond donors (Lipinski definition) is 0. The van der Waals surface area contributed by atoms with Crippen molar-refractivity contribution in [2.45, 2.75) is 5.88 Å². The van der Waals surface area contributed by atoms with Crippen molar-refractivity contribution >= 4 is 27.5 Å². The molecule has 0 fully saturated rings. The Labute approximate surface area is 120 Å². The molecule has 2 aromatic rings. The van der Waals surface area contributed by atoms with Crippen LogP contribution in [0.4, 0.5) is 0 Å². The molecule has 0 amide bonds. The van der Waals surface area contributed by atoms with Crippen molar-refractivity contribution in [1.29, 1.82) is 0 Å². The van der Waals surface area contributed by atoms with Crippen LogP contribution in [0.2, 0.25) is 0 Å². The van der Waals surface area contributed by atoms with Crippen LogP contribution in [0.1, 0.15) is 5.56 Å². The monoisotopic (exact) mass is 326 g/mol. The Morgan fingerprint density at radius 3 is 2.56 bits per heavy atom. The Hall–Kier alpha value is -1.19. The van der Waals surface area contributed by atoms with Crippen LogP contribution in [-0.2, 0) is 5.88 Å². The van der Waals surface area contributed by atoms with Gasteiger partial charge in [-0.05, 0) is 45.8 Å². The topological polar surface area (TPSA) is 18.5 Å². The van der Waals surface area contributed by atoms with E-state index in [1.54, 1.807) is 7.11 Å². The maximum Gasteiger partial charge on any atom is 0.141 e. The van der Waals surface area contributed by atoms with Gasteiger partial charge in [-0.15, -0.1) is 11.6 Å². The molecular weight excluding hydrogens is 316 g/mol. The van der Waals surface area contributed by atoms with Gasteiger partial charge in [0.25, 0.3) is 0 Å². The molecule has 0 aromatic heterocycles. The predicted octanol–water partition coefficient (Wildman–Crippen LogP) is 4.99. The zero-order chi connectivity index (χ0) is 13.0. The lowest BCUT2D eigenvalue weighted by Crippen LogP contribution is -1.88. The third-order valence-electron chi connectivity index (χ3n) is 2.42. The molecule has 0 heterocycles. The zero-order valence-electron chi connectivity index (χ0n) is 9.82. The number of alkyl halides is 1. The van der Waals surface area contributed by atoms with Crippen LogP contribution in [0.5, 0.6) is 17.2 Å². The van der Waals surface area contributed by atoms with Crippen LogP contribution in [-0.4, -0.2) is 7.11 Å². The number of rotatable bonds is 4. The predicted molar refractivity (Wildman–Crippen MR) is 76.8 cm³/mol. The molecule has 0 atom stereocenters. The van der Waals surface area contributed by atoms with Gasteiger partial charge in [0.2, 0.25) is 0 Å². The summed E-state index contributed by atoms with van der Waals surface area (Å²) in [7, 11) is 1.63. The summed E-state index contributed by atoms with van der Waals surface area (Å²) in [6, 6.07) is 13.2. The minimum atomic E-state index is 0.484. The Balaban J connectivity index is 2.22. The molecule has 0 aliphatic carbocycles. The van der Waals surface area contributed by atoms with Gasteiger partial charge in [-0.2, -0.15) is 0 Å². The number of methoxy groups -OCH3 is 1. The normalized spacial score (nSPS) is 10.2. The van der Waals surface area contributed by atoms with E-state index in [0.29, 0.717) is 5.88 Å². The van der Waals surface area contributed by atoms with Crippen LogP contribution in [0.25, 0.3) is 0 Å². The fourth-order valence-corrected chi connectivity index (χ4v) is 2.18. The quantitative estimate of drug-likeness (QED) is 0.737. The third-order valence-corrected chi connectivity index (χ3v) is 3.35. The summed E-state index contributed by atoms with van der Waals surface area (Å²) in [5.41, 5.74) is 1.04. The lowest BCUT2D eigenvalue weighted by atomic mass is 10.2. The minimum absolute atomic E-state index is 0.484. The second-order valence-electron chi connectivity index (χ2n) is 3.68. The van der Waals surface area contributed by atoms with Crippen LogP contribution in [0.3, 0.4) is 0 Å². The van der Waals surface area contributed by atoms with Crippen LogP contribution >= 0.6 is 27.5 Å². The summed E-state index contributed by atoms with van der Waals surface area (Å²) in [6.07, 6.45) is 0. The average Bonchev–Trinajstić information content (AvgIpc) is 2.41. The first-order chi connectivity index (χ1) is 8.72. The summed E-state index contributed by atoms with van der Waals surface area (Å²) >= 11 is 9.24. The number of benzene rings is 2. The molecule has 0 saturated carbocycles. The molecule has 0 unspecified atom stereocenters. The van der Waals surface area contributed by atoms with E-state index in [4.69, 9.17) is 21.1 Å². The molecular formula is C14H12BrClO2. The number of ether oxygens (including phenoxy) is 2. The SMILES string of the molecule is COc1cccc(Oc2ccc(CCl)cc2Br)c1. The maximum atomic E-state index is 5.78. The highest BCUT2D eigenvalue weighted by molar-refractivity contribution is 9.10. The summed E-state index contributed by atoms with van der Waals surface area (Å²) in [4.78, 5) is 0. The lowest BCUT2D eigenvalue weighted by molar-refractivity contribution is 0.409. The van der Waals surface area contributed by atoms with Crippen molar-refractivity contribution in [2.75, 3.05) is 7.11 Å². The maximum absolute atomic E-state index is 5.78. The van der Waals surface area contributed by atoms with Gasteiger partial charge in [-0.1, -0.05) is 12.1 Å². The second-order valence-corrected chi connectivity index (χ2v) is 4.80. The van der Waals surface area contributed by atoms with Gasteiger partial charge in [0, 0.05) is 11.9 Å². The Bertz CT molecular complexity index is 543. The summed E-state index contributed by atoms with van der Waals surface area (Å²) in [6.45, 7) is 0. The van der Waals surface area contributed by atoms with E-state index >= 15 is 0 Å². The molecule has 0 aliphatic rings. The third kappa shape index (κ3) is 3.18. The van der Waals surface area contributed by atoms with Crippen LogP contribution in [0.15, 0.2) is 46.9 Å². The molecule has 0 spiro atoms. The average molecular weight is 328 g/mol. The van der Waals surface area contributed by atoms with Gasteiger partial charge < -0.3 is 9.47 Å². The van der Waals surface area contributed by atoms with E-state index in [1.165, 1.54) is 0 Å². The fourth-order valence-electron chi connectivity index (χ4n) is 1.50. The number of hydrogen-bond acceptors (Lipinski definition) is 2. The van der Waals surface area contributed by atoms with Gasteiger partial charge in [0.1, 0.15) is 17.2 Å². The van der Waals surface area contributed by atoms with Crippen molar-refractivity contribution in [1.82, 2.24) is 0 Å². The minimum Gasteiger partial charge on any atom is -0.497 e. The van der Waals surface area contributed by atoms with Gasteiger partial charge >= 0.3 is 0 Å². The lowest BCUT2D eigenvalue weighted by Gasteiger charge is -2.09. The second kappa shape index (κ2) is 6.12. The van der Waals surface area contributed by atoms with E-state index < -0.39 is 0 Å². The van der Waals surface area contributed by atoms with Crippen molar-refractivity contribution in [3.05, 3.63) is 52.5 Å². The zero-order valence-corrected chi connectivity index (χ0v) is 12.2. The van der Waals surface area contributed by atoms with E-state index in [2.05, 4.69) is 15.9 Å². The molecule has 0 N–H and O–H groups in total. The van der Waals surface area contributed by atoms with Gasteiger partial charge in [0.15, 0.2) is 0 Å². The Kier molecular flexibility index (Phi) is 4.50. The first-order valence-electron chi connectivity index (χ1n) is 5.39. The van der Waals surface area contributed by atoms with E-state index in [-0.39, 0.29) is 0 Å². The molecule has 0 saturated heterocycles. The highest BCUT2D eigenvalue weighted by atomic mass is 79.9. The standard InChI is InChI=1S/C14H12BrClO2/c1-17-11-3-2-4-12(8-11)18-14-6-5-10(9-16)7-13(14)15/h2-8H,9H2,1H3. The first-order valence-corrected chi connectivity index (χ1v) is 6.72. The van der Waals surface area contributed by atoms with Crippen molar-refractivity contribution in [3.63, 3.8) is 0 Å².